The number of hydrogen-bond donors (Lipinski definition) is 1. The van der Waals surface area contributed by atoms with Gasteiger partial charge in [0.25, 0.3) is 6.34 Å². The molecule has 0 saturated carbocycles. The number of hydrogen-bond acceptors (Lipinski definition) is 2. The zero-order valence-electron chi connectivity index (χ0n) is 5.04. The fourth-order valence-corrected chi connectivity index (χ4v) is 0.997. The first-order valence-electron chi connectivity index (χ1n) is 3.04. The predicted octanol–water partition coefficient (Wildman–Crippen LogP) is -1.44. The summed E-state index contributed by atoms with van der Waals surface area (Å²) in [4.78, 5) is 0. The lowest BCUT2D eigenvalue weighted by Crippen LogP contribution is -2.40. The lowest BCUT2D eigenvalue weighted by Gasteiger charge is -2.05. The van der Waals surface area contributed by atoms with Crippen molar-refractivity contribution >= 4 is 12.2 Å². The smallest absolute Gasteiger partial charge is 0.302 e. The minimum absolute atomic E-state index is 0.861. The first kappa shape index (κ1) is 4.93. The summed E-state index contributed by atoms with van der Waals surface area (Å²) < 4.78 is 1.93. The Bertz CT molecular complexity index is 181. The van der Waals surface area contributed by atoms with E-state index in [-0.39, 0.29) is 0 Å². The zero-order chi connectivity index (χ0) is 6.10. The Labute approximate surface area is 53.3 Å². The molecule has 1 N–H and O–H groups in total. The standard InChI is InChI=1S/C5H8N4/c1-2-9-5(3-6-1)7-4-8-9/h4,6H,1-3H2/q+1. The molecule has 0 amide bonds. The Morgan fingerprint density at radius 3 is 3.56 bits per heavy atom. The second-order valence-electron chi connectivity index (χ2n) is 2.08. The van der Waals surface area contributed by atoms with Crippen LogP contribution in [0.3, 0.4) is 0 Å². The highest BCUT2D eigenvalue weighted by Gasteiger charge is 2.24. The Hall–Kier alpha value is -0.900. The van der Waals surface area contributed by atoms with Crippen molar-refractivity contribution < 1.29 is 4.68 Å². The third-order valence-electron chi connectivity index (χ3n) is 1.48. The van der Waals surface area contributed by atoms with Gasteiger partial charge in [-0.05, 0) is 10.4 Å². The minimum atomic E-state index is 0.861. The number of hydrazone groups is 1. The van der Waals surface area contributed by atoms with Gasteiger partial charge in [0.05, 0.1) is 0 Å². The average molecular weight is 124 g/mol. The SMILES string of the molecule is C1=N[N+]2=C(CNCC2)[N]1. The van der Waals surface area contributed by atoms with Gasteiger partial charge in [-0.15, -0.1) is 4.68 Å². The third kappa shape index (κ3) is 0.712. The van der Waals surface area contributed by atoms with Crippen LogP contribution in [-0.2, 0) is 0 Å². The number of rotatable bonds is 0. The molecular weight excluding hydrogens is 116 g/mol. The highest BCUT2D eigenvalue weighted by atomic mass is 15.5. The average Bonchev–Trinajstić information content (AvgIpc) is 2.33. The first-order chi connectivity index (χ1) is 4.47. The van der Waals surface area contributed by atoms with E-state index in [2.05, 4.69) is 15.7 Å². The fraction of sp³-hybridized carbons (Fsp3) is 0.600. The quantitative estimate of drug-likeness (QED) is 0.395. The molecule has 0 spiro atoms. The van der Waals surface area contributed by atoms with E-state index >= 15 is 0 Å². The maximum Gasteiger partial charge on any atom is 0.334 e. The lowest BCUT2D eigenvalue weighted by atomic mass is 10.4. The molecule has 1 radical (unpaired) electrons. The summed E-state index contributed by atoms with van der Waals surface area (Å²) in [6.45, 7) is 2.83. The number of nitrogens with one attached hydrogen (secondary N) is 1. The Morgan fingerprint density at radius 2 is 2.67 bits per heavy atom. The summed E-state index contributed by atoms with van der Waals surface area (Å²) in [6.07, 6.45) is 1.60. The zero-order valence-corrected chi connectivity index (χ0v) is 5.04. The molecule has 0 aromatic carbocycles. The van der Waals surface area contributed by atoms with Gasteiger partial charge in [0, 0.05) is 6.54 Å². The van der Waals surface area contributed by atoms with Crippen molar-refractivity contribution in [1.29, 1.82) is 0 Å². The van der Waals surface area contributed by atoms with E-state index in [0.717, 1.165) is 25.5 Å². The van der Waals surface area contributed by atoms with E-state index < -0.39 is 0 Å². The molecule has 0 aliphatic carbocycles. The van der Waals surface area contributed by atoms with Gasteiger partial charge in [-0.2, -0.15) is 0 Å². The summed E-state index contributed by atoms with van der Waals surface area (Å²) in [7, 11) is 0. The van der Waals surface area contributed by atoms with Crippen LogP contribution in [0, 0.1) is 0 Å². The van der Waals surface area contributed by atoms with Crippen LogP contribution in [0.2, 0.25) is 0 Å². The maximum absolute atomic E-state index is 4.05. The van der Waals surface area contributed by atoms with Crippen molar-refractivity contribution in [2.24, 2.45) is 5.10 Å². The number of nitrogens with zero attached hydrogens (tertiary/aromatic N) is 3. The Morgan fingerprint density at radius 1 is 1.67 bits per heavy atom. The van der Waals surface area contributed by atoms with Crippen molar-refractivity contribution in [1.82, 2.24) is 10.6 Å². The number of amidine groups is 1. The van der Waals surface area contributed by atoms with Crippen molar-refractivity contribution in [2.75, 3.05) is 19.6 Å². The summed E-state index contributed by atoms with van der Waals surface area (Å²) in [5, 5.41) is 11.3. The van der Waals surface area contributed by atoms with E-state index in [0.29, 0.717) is 0 Å². The monoisotopic (exact) mass is 124 g/mol. The van der Waals surface area contributed by atoms with Gasteiger partial charge in [0.15, 0.2) is 0 Å². The molecule has 47 valence electrons. The van der Waals surface area contributed by atoms with Crippen molar-refractivity contribution in [3.05, 3.63) is 0 Å². The molecule has 0 bridgehead atoms. The molecule has 4 nitrogen and oxygen atoms in total. The maximum atomic E-state index is 4.05. The van der Waals surface area contributed by atoms with Crippen LogP contribution in [0.4, 0.5) is 0 Å². The molecule has 0 atom stereocenters. The van der Waals surface area contributed by atoms with Gasteiger partial charge < -0.3 is 5.32 Å². The van der Waals surface area contributed by atoms with E-state index in [1.807, 2.05) is 4.68 Å². The predicted molar refractivity (Wildman–Crippen MR) is 33.6 cm³/mol. The van der Waals surface area contributed by atoms with E-state index in [1.54, 1.807) is 6.34 Å². The van der Waals surface area contributed by atoms with Crippen LogP contribution in [-0.4, -0.2) is 36.5 Å². The fourth-order valence-electron chi connectivity index (χ4n) is 0.997. The van der Waals surface area contributed by atoms with Crippen LogP contribution in [0.15, 0.2) is 5.10 Å². The van der Waals surface area contributed by atoms with Gasteiger partial charge in [0.2, 0.25) is 0 Å². The van der Waals surface area contributed by atoms with Gasteiger partial charge in [-0.25, -0.2) is 0 Å². The molecule has 9 heavy (non-hydrogen) atoms. The largest absolute Gasteiger partial charge is 0.334 e. The van der Waals surface area contributed by atoms with Crippen LogP contribution in [0.1, 0.15) is 0 Å². The first-order valence-corrected chi connectivity index (χ1v) is 3.04. The summed E-state index contributed by atoms with van der Waals surface area (Å²) in [5.74, 6) is 1.04. The molecule has 0 aromatic heterocycles. The van der Waals surface area contributed by atoms with Gasteiger partial charge in [-0.3, -0.25) is 0 Å². The van der Waals surface area contributed by atoms with Gasteiger partial charge in [-0.1, -0.05) is 0 Å². The Balaban J connectivity index is 2.24. The lowest BCUT2D eigenvalue weighted by molar-refractivity contribution is -0.532. The third-order valence-corrected chi connectivity index (χ3v) is 1.48. The van der Waals surface area contributed by atoms with E-state index in [4.69, 9.17) is 0 Å². The van der Waals surface area contributed by atoms with Gasteiger partial charge >= 0.3 is 5.84 Å². The van der Waals surface area contributed by atoms with Crippen molar-refractivity contribution in [3.63, 3.8) is 0 Å². The van der Waals surface area contributed by atoms with Gasteiger partial charge in [0.1, 0.15) is 13.1 Å². The van der Waals surface area contributed by atoms with Crippen LogP contribution < -0.4 is 10.6 Å². The molecule has 0 unspecified atom stereocenters. The topological polar surface area (TPSA) is 41.5 Å². The summed E-state index contributed by atoms with van der Waals surface area (Å²) >= 11 is 0. The van der Waals surface area contributed by atoms with Crippen LogP contribution in [0.5, 0.6) is 0 Å². The van der Waals surface area contributed by atoms with Crippen molar-refractivity contribution in [3.8, 4) is 0 Å². The molecule has 0 fully saturated rings. The molecule has 2 rings (SSSR count). The molecular formula is C5H8N4+. The van der Waals surface area contributed by atoms with Crippen LogP contribution >= 0.6 is 0 Å². The Kier molecular flexibility index (Phi) is 0.989. The molecule has 2 aliphatic heterocycles. The molecule has 2 aliphatic rings. The normalized spacial score (nSPS) is 24.0. The second kappa shape index (κ2) is 1.80. The summed E-state index contributed by atoms with van der Waals surface area (Å²) in [6, 6.07) is 0. The molecule has 2 heterocycles. The molecule has 0 aromatic rings. The van der Waals surface area contributed by atoms with E-state index in [9.17, 15) is 0 Å². The summed E-state index contributed by atoms with van der Waals surface area (Å²) in [5.41, 5.74) is 0. The molecule has 0 saturated heterocycles. The minimum Gasteiger partial charge on any atom is -0.302 e. The van der Waals surface area contributed by atoms with Crippen molar-refractivity contribution in [2.45, 2.75) is 0 Å². The van der Waals surface area contributed by atoms with Crippen LogP contribution in [0.25, 0.3) is 0 Å². The highest BCUT2D eigenvalue weighted by molar-refractivity contribution is 5.91. The van der Waals surface area contributed by atoms with E-state index in [1.165, 1.54) is 0 Å². The second-order valence-corrected chi connectivity index (χ2v) is 2.08. The molecule has 4 heteroatoms. The highest BCUT2D eigenvalue weighted by Crippen LogP contribution is 1.90.